The molecule has 2 aliphatic rings. The highest BCUT2D eigenvalue weighted by Gasteiger charge is 2.34. The number of aromatic amines is 1. The molecular formula is C16H26N4O. The standard InChI is InChI=1S/C16H26N4O/c1-10-8-16(2,3)6-4-12(10)18-15(21)14-11-9-17-7-5-13(11)19-20-14/h10,12,17H,4-9H2,1-3H3,(H,18,21)(H,19,20). The van der Waals surface area contributed by atoms with Gasteiger partial charge >= 0.3 is 0 Å². The number of carbonyl (C=O) groups excluding carboxylic acids is 1. The molecule has 1 aliphatic carbocycles. The molecule has 2 atom stereocenters. The number of fused-ring (bicyclic) bond motifs is 1. The molecule has 116 valence electrons. The number of rotatable bonds is 2. The number of nitrogens with one attached hydrogen (secondary N) is 3. The van der Waals surface area contributed by atoms with E-state index in [0.717, 1.165) is 43.6 Å². The van der Waals surface area contributed by atoms with Crippen LogP contribution in [0.5, 0.6) is 0 Å². The van der Waals surface area contributed by atoms with Crippen LogP contribution in [0, 0.1) is 11.3 Å². The van der Waals surface area contributed by atoms with Gasteiger partial charge in [-0.15, -0.1) is 0 Å². The lowest BCUT2D eigenvalue weighted by molar-refractivity contribution is 0.0855. The number of nitrogens with zero attached hydrogens (tertiary/aromatic N) is 1. The lowest BCUT2D eigenvalue weighted by Crippen LogP contribution is -2.44. The van der Waals surface area contributed by atoms with Crippen molar-refractivity contribution in [1.82, 2.24) is 20.8 Å². The molecule has 3 N–H and O–H groups in total. The summed E-state index contributed by atoms with van der Waals surface area (Å²) in [5.41, 5.74) is 3.13. The van der Waals surface area contributed by atoms with E-state index in [9.17, 15) is 4.79 Å². The zero-order valence-corrected chi connectivity index (χ0v) is 13.3. The van der Waals surface area contributed by atoms with Crippen LogP contribution >= 0.6 is 0 Å². The van der Waals surface area contributed by atoms with Gasteiger partial charge in [-0.2, -0.15) is 5.10 Å². The summed E-state index contributed by atoms with van der Waals surface area (Å²) in [7, 11) is 0. The van der Waals surface area contributed by atoms with Gasteiger partial charge in [0, 0.05) is 36.8 Å². The first-order valence-electron chi connectivity index (χ1n) is 8.04. The van der Waals surface area contributed by atoms with Crippen molar-refractivity contribution in [3.8, 4) is 0 Å². The molecule has 0 bridgehead atoms. The van der Waals surface area contributed by atoms with Gasteiger partial charge in [0.1, 0.15) is 0 Å². The summed E-state index contributed by atoms with van der Waals surface area (Å²) in [5, 5.41) is 13.8. The van der Waals surface area contributed by atoms with Crippen LogP contribution in [-0.2, 0) is 13.0 Å². The van der Waals surface area contributed by atoms with Crippen molar-refractivity contribution >= 4 is 5.91 Å². The van der Waals surface area contributed by atoms with Crippen LogP contribution in [-0.4, -0.2) is 28.7 Å². The Labute approximate surface area is 126 Å². The Morgan fingerprint density at radius 3 is 3.00 bits per heavy atom. The average Bonchev–Trinajstić information content (AvgIpc) is 2.85. The molecule has 2 heterocycles. The maximum Gasteiger partial charge on any atom is 0.272 e. The molecule has 0 spiro atoms. The molecule has 21 heavy (non-hydrogen) atoms. The molecule has 1 fully saturated rings. The summed E-state index contributed by atoms with van der Waals surface area (Å²) in [4.78, 5) is 12.5. The third kappa shape index (κ3) is 2.98. The second-order valence-corrected chi connectivity index (χ2v) is 7.42. The molecule has 5 nitrogen and oxygen atoms in total. The summed E-state index contributed by atoms with van der Waals surface area (Å²) in [6.07, 6.45) is 4.31. The van der Waals surface area contributed by atoms with Gasteiger partial charge in [0.25, 0.3) is 5.91 Å². The SMILES string of the molecule is CC1CC(C)(C)CCC1NC(=O)c1n[nH]c2c1CNCC2. The second-order valence-electron chi connectivity index (χ2n) is 7.42. The third-order valence-corrected chi connectivity index (χ3v) is 5.03. The van der Waals surface area contributed by atoms with Crippen LogP contribution in [0.25, 0.3) is 0 Å². The van der Waals surface area contributed by atoms with E-state index in [2.05, 4.69) is 41.6 Å². The molecule has 3 rings (SSSR count). The van der Waals surface area contributed by atoms with E-state index in [1.54, 1.807) is 0 Å². The molecule has 0 radical (unpaired) electrons. The largest absolute Gasteiger partial charge is 0.348 e. The lowest BCUT2D eigenvalue weighted by atomic mass is 9.70. The molecule has 1 amide bonds. The van der Waals surface area contributed by atoms with Gasteiger partial charge in [0.05, 0.1) is 0 Å². The van der Waals surface area contributed by atoms with Crippen molar-refractivity contribution in [3.05, 3.63) is 17.0 Å². The van der Waals surface area contributed by atoms with E-state index < -0.39 is 0 Å². The van der Waals surface area contributed by atoms with Crippen LogP contribution in [0.4, 0.5) is 0 Å². The van der Waals surface area contributed by atoms with Crippen LogP contribution in [0.15, 0.2) is 0 Å². The van der Waals surface area contributed by atoms with Crippen LogP contribution < -0.4 is 10.6 Å². The number of hydrogen-bond acceptors (Lipinski definition) is 3. The number of hydrogen-bond donors (Lipinski definition) is 3. The summed E-state index contributed by atoms with van der Waals surface area (Å²) >= 11 is 0. The molecule has 1 aromatic heterocycles. The van der Waals surface area contributed by atoms with Crippen LogP contribution in [0.3, 0.4) is 0 Å². The van der Waals surface area contributed by atoms with Crippen LogP contribution in [0.1, 0.15) is 61.8 Å². The van der Waals surface area contributed by atoms with Crippen LogP contribution in [0.2, 0.25) is 0 Å². The van der Waals surface area contributed by atoms with Crippen molar-refractivity contribution in [3.63, 3.8) is 0 Å². The minimum Gasteiger partial charge on any atom is -0.348 e. The van der Waals surface area contributed by atoms with Crippen molar-refractivity contribution in [2.24, 2.45) is 11.3 Å². The Balaban J connectivity index is 1.68. The molecule has 0 saturated heterocycles. The summed E-state index contributed by atoms with van der Waals surface area (Å²) in [5.74, 6) is 0.498. The Morgan fingerprint density at radius 2 is 2.24 bits per heavy atom. The number of aromatic nitrogens is 2. The van der Waals surface area contributed by atoms with Gasteiger partial charge in [0.2, 0.25) is 0 Å². The molecular weight excluding hydrogens is 264 g/mol. The molecule has 2 unspecified atom stereocenters. The first-order chi connectivity index (χ1) is 9.96. The van der Waals surface area contributed by atoms with Crippen molar-refractivity contribution < 1.29 is 4.79 Å². The van der Waals surface area contributed by atoms with E-state index in [0.29, 0.717) is 17.0 Å². The first kappa shape index (κ1) is 14.6. The fourth-order valence-corrected chi connectivity index (χ4v) is 3.81. The molecule has 1 aromatic rings. The second kappa shape index (κ2) is 5.44. The van der Waals surface area contributed by atoms with Gasteiger partial charge in [0.15, 0.2) is 5.69 Å². The zero-order chi connectivity index (χ0) is 15.0. The van der Waals surface area contributed by atoms with E-state index in [1.165, 1.54) is 6.42 Å². The minimum atomic E-state index is -0.0206. The van der Waals surface area contributed by atoms with Gasteiger partial charge in [-0.3, -0.25) is 9.89 Å². The predicted molar refractivity (Wildman–Crippen MR) is 82.0 cm³/mol. The Kier molecular flexibility index (Phi) is 3.78. The molecule has 1 aliphatic heterocycles. The fourth-order valence-electron chi connectivity index (χ4n) is 3.81. The molecule has 1 saturated carbocycles. The maximum absolute atomic E-state index is 12.5. The topological polar surface area (TPSA) is 69.8 Å². The normalized spacial score (nSPS) is 28.0. The summed E-state index contributed by atoms with van der Waals surface area (Å²) < 4.78 is 0. The zero-order valence-electron chi connectivity index (χ0n) is 13.3. The number of amides is 1. The van der Waals surface area contributed by atoms with E-state index in [4.69, 9.17) is 0 Å². The lowest BCUT2D eigenvalue weighted by Gasteiger charge is -2.39. The molecule has 5 heteroatoms. The average molecular weight is 290 g/mol. The van der Waals surface area contributed by atoms with E-state index >= 15 is 0 Å². The quantitative estimate of drug-likeness (QED) is 0.780. The highest BCUT2D eigenvalue weighted by molar-refractivity contribution is 5.94. The Morgan fingerprint density at radius 1 is 1.43 bits per heavy atom. The van der Waals surface area contributed by atoms with Crippen molar-refractivity contribution in [1.29, 1.82) is 0 Å². The monoisotopic (exact) mass is 290 g/mol. The summed E-state index contributed by atoms with van der Waals surface area (Å²) in [6, 6.07) is 0.273. The summed E-state index contributed by atoms with van der Waals surface area (Å²) in [6.45, 7) is 8.56. The fraction of sp³-hybridized carbons (Fsp3) is 0.750. The van der Waals surface area contributed by atoms with Crippen molar-refractivity contribution in [2.75, 3.05) is 6.54 Å². The number of H-pyrrole nitrogens is 1. The highest BCUT2D eigenvalue weighted by Crippen LogP contribution is 2.38. The predicted octanol–water partition coefficient (Wildman–Crippen LogP) is 2.00. The smallest absolute Gasteiger partial charge is 0.272 e. The van der Waals surface area contributed by atoms with Gasteiger partial charge < -0.3 is 10.6 Å². The highest BCUT2D eigenvalue weighted by atomic mass is 16.2. The maximum atomic E-state index is 12.5. The molecule has 0 aromatic carbocycles. The Hall–Kier alpha value is -1.36. The third-order valence-electron chi connectivity index (χ3n) is 5.03. The van der Waals surface area contributed by atoms with Gasteiger partial charge in [-0.05, 0) is 30.6 Å². The van der Waals surface area contributed by atoms with Gasteiger partial charge in [-0.1, -0.05) is 20.8 Å². The van der Waals surface area contributed by atoms with Gasteiger partial charge in [-0.25, -0.2) is 0 Å². The van der Waals surface area contributed by atoms with E-state index in [1.807, 2.05) is 0 Å². The van der Waals surface area contributed by atoms with E-state index in [-0.39, 0.29) is 11.9 Å². The Bertz CT molecular complexity index is 534. The number of carbonyl (C=O) groups is 1. The minimum absolute atomic E-state index is 0.0206. The first-order valence-corrected chi connectivity index (χ1v) is 8.04. The van der Waals surface area contributed by atoms with Crippen molar-refractivity contribution in [2.45, 2.75) is 59.0 Å².